The second-order valence-electron chi connectivity index (χ2n) is 3.85. The number of benzene rings is 2. The van der Waals surface area contributed by atoms with E-state index < -0.39 is 11.8 Å². The van der Waals surface area contributed by atoms with Gasteiger partial charge < -0.3 is 5.11 Å². The summed E-state index contributed by atoms with van der Waals surface area (Å²) in [5.74, 6) is -1.66. The number of rotatable bonds is 4. The lowest BCUT2D eigenvalue weighted by atomic mass is 10.1. The van der Waals surface area contributed by atoms with Gasteiger partial charge in [0.2, 0.25) is 0 Å². The number of carboxylic acid groups (broad SMARTS) is 1. The molecule has 0 heterocycles. The topological polar surface area (TPSA) is 37.3 Å². The monoisotopic (exact) mass is 280 g/mol. The first-order chi connectivity index (χ1) is 9.06. The number of hydrogen-bond acceptors (Lipinski definition) is 2. The van der Waals surface area contributed by atoms with E-state index in [0.717, 1.165) is 11.0 Å². The summed E-state index contributed by atoms with van der Waals surface area (Å²) < 4.78 is 26.3. The molecule has 0 aromatic heterocycles. The van der Waals surface area contributed by atoms with Crippen LogP contribution in [-0.2, 0) is 5.75 Å². The average molecular weight is 280 g/mol. The SMILES string of the molecule is O=C(O)c1ccc(CSc2ccc(F)cc2)c(F)c1. The molecule has 2 aromatic rings. The molecule has 2 nitrogen and oxygen atoms in total. The first-order valence-electron chi connectivity index (χ1n) is 5.46. The van der Waals surface area contributed by atoms with Crippen LogP contribution in [0.5, 0.6) is 0 Å². The maximum atomic E-state index is 13.6. The highest BCUT2D eigenvalue weighted by atomic mass is 32.2. The summed E-state index contributed by atoms with van der Waals surface area (Å²) in [5.41, 5.74) is 0.340. The molecule has 2 aromatic carbocycles. The smallest absolute Gasteiger partial charge is 0.335 e. The lowest BCUT2D eigenvalue weighted by Crippen LogP contribution is -1.98. The van der Waals surface area contributed by atoms with Gasteiger partial charge in [0.25, 0.3) is 0 Å². The third-order valence-electron chi connectivity index (χ3n) is 2.51. The Morgan fingerprint density at radius 2 is 1.79 bits per heavy atom. The van der Waals surface area contributed by atoms with Crippen LogP contribution in [-0.4, -0.2) is 11.1 Å². The molecule has 0 spiro atoms. The van der Waals surface area contributed by atoms with Crippen molar-refractivity contribution in [3.05, 3.63) is 65.2 Å². The molecule has 0 aliphatic carbocycles. The molecule has 0 atom stereocenters. The van der Waals surface area contributed by atoms with Crippen molar-refractivity contribution in [2.24, 2.45) is 0 Å². The molecule has 2 rings (SSSR count). The van der Waals surface area contributed by atoms with Gasteiger partial charge >= 0.3 is 5.97 Å². The van der Waals surface area contributed by atoms with Crippen LogP contribution in [0.4, 0.5) is 8.78 Å². The van der Waals surface area contributed by atoms with Crippen molar-refractivity contribution < 1.29 is 18.7 Å². The summed E-state index contributed by atoms with van der Waals surface area (Å²) in [6, 6.07) is 9.73. The summed E-state index contributed by atoms with van der Waals surface area (Å²) in [5, 5.41) is 8.73. The zero-order chi connectivity index (χ0) is 13.8. The first-order valence-corrected chi connectivity index (χ1v) is 6.45. The minimum atomic E-state index is -1.16. The number of halogens is 2. The Hall–Kier alpha value is -1.88. The van der Waals surface area contributed by atoms with Crippen LogP contribution in [0.1, 0.15) is 15.9 Å². The second-order valence-corrected chi connectivity index (χ2v) is 4.90. The van der Waals surface area contributed by atoms with E-state index in [2.05, 4.69) is 0 Å². The van der Waals surface area contributed by atoms with Crippen molar-refractivity contribution >= 4 is 17.7 Å². The molecule has 0 radical (unpaired) electrons. The van der Waals surface area contributed by atoms with Gasteiger partial charge in [0, 0.05) is 10.6 Å². The first kappa shape index (κ1) is 13.5. The zero-order valence-electron chi connectivity index (χ0n) is 9.77. The molecule has 0 saturated heterocycles. The second kappa shape index (κ2) is 5.84. The third-order valence-corrected chi connectivity index (χ3v) is 3.57. The van der Waals surface area contributed by atoms with Crippen LogP contribution in [0.15, 0.2) is 47.4 Å². The molecular weight excluding hydrogens is 270 g/mol. The van der Waals surface area contributed by atoms with Gasteiger partial charge in [0.05, 0.1) is 5.56 Å². The van der Waals surface area contributed by atoms with Crippen molar-refractivity contribution in [2.45, 2.75) is 10.6 Å². The van der Waals surface area contributed by atoms with Gasteiger partial charge in [-0.2, -0.15) is 0 Å². The molecule has 0 fully saturated rings. The largest absolute Gasteiger partial charge is 0.478 e. The van der Waals surface area contributed by atoms with Crippen molar-refractivity contribution in [3.8, 4) is 0 Å². The van der Waals surface area contributed by atoms with Gasteiger partial charge in [0.15, 0.2) is 0 Å². The highest BCUT2D eigenvalue weighted by Crippen LogP contribution is 2.24. The molecule has 0 aliphatic rings. The Bertz CT molecular complexity index is 597. The highest BCUT2D eigenvalue weighted by molar-refractivity contribution is 7.98. The Morgan fingerprint density at radius 1 is 1.11 bits per heavy atom. The zero-order valence-corrected chi connectivity index (χ0v) is 10.6. The van der Waals surface area contributed by atoms with E-state index in [1.807, 2.05) is 0 Å². The molecule has 0 amide bonds. The fraction of sp³-hybridized carbons (Fsp3) is 0.0714. The van der Waals surface area contributed by atoms with Crippen LogP contribution in [0.2, 0.25) is 0 Å². The van der Waals surface area contributed by atoms with Crippen LogP contribution in [0.25, 0.3) is 0 Å². The highest BCUT2D eigenvalue weighted by Gasteiger charge is 2.08. The summed E-state index contributed by atoms with van der Waals surface area (Å²) in [6.45, 7) is 0. The van der Waals surface area contributed by atoms with Gasteiger partial charge in [0.1, 0.15) is 11.6 Å². The standard InChI is InChI=1S/C14H10F2O2S/c15-11-3-5-12(6-4-11)19-8-10-2-1-9(14(17)18)7-13(10)16/h1-7H,8H2,(H,17,18). The molecule has 1 N–H and O–H groups in total. The quantitative estimate of drug-likeness (QED) is 0.861. The number of carboxylic acids is 1. The Kier molecular flexibility index (Phi) is 4.16. The lowest BCUT2D eigenvalue weighted by molar-refractivity contribution is 0.0696. The maximum Gasteiger partial charge on any atom is 0.335 e. The van der Waals surface area contributed by atoms with Crippen molar-refractivity contribution in [3.63, 3.8) is 0 Å². The molecule has 0 unspecified atom stereocenters. The van der Waals surface area contributed by atoms with Gasteiger partial charge in [-0.15, -0.1) is 11.8 Å². The normalized spacial score (nSPS) is 10.4. The van der Waals surface area contributed by atoms with E-state index in [1.165, 1.54) is 36.0 Å². The van der Waals surface area contributed by atoms with Crippen molar-refractivity contribution in [2.75, 3.05) is 0 Å². The van der Waals surface area contributed by atoms with Crippen molar-refractivity contribution in [1.29, 1.82) is 0 Å². The van der Waals surface area contributed by atoms with Crippen LogP contribution in [0, 0.1) is 11.6 Å². The van der Waals surface area contributed by atoms with Gasteiger partial charge in [-0.05, 0) is 42.0 Å². The summed E-state index contributed by atoms with van der Waals surface area (Å²) >= 11 is 1.36. The van der Waals surface area contributed by atoms with Gasteiger partial charge in [-0.25, -0.2) is 13.6 Å². The third kappa shape index (κ3) is 3.54. The molecule has 0 saturated carbocycles. The van der Waals surface area contributed by atoms with Crippen LogP contribution in [0.3, 0.4) is 0 Å². The molecular formula is C14H10F2O2S. The van der Waals surface area contributed by atoms with Gasteiger partial charge in [-0.3, -0.25) is 0 Å². The fourth-order valence-corrected chi connectivity index (χ4v) is 2.37. The molecule has 5 heteroatoms. The van der Waals surface area contributed by atoms with E-state index in [0.29, 0.717) is 11.3 Å². The number of thioether (sulfide) groups is 1. The molecule has 0 aliphatic heterocycles. The minimum Gasteiger partial charge on any atom is -0.478 e. The summed E-state index contributed by atoms with van der Waals surface area (Å²) in [4.78, 5) is 11.5. The molecule has 98 valence electrons. The van der Waals surface area contributed by atoms with E-state index in [9.17, 15) is 13.6 Å². The van der Waals surface area contributed by atoms with Crippen molar-refractivity contribution in [1.82, 2.24) is 0 Å². The Labute approximate surface area is 113 Å². The van der Waals surface area contributed by atoms with E-state index in [4.69, 9.17) is 5.11 Å². The minimum absolute atomic E-state index is 0.0759. The Morgan fingerprint density at radius 3 is 2.37 bits per heavy atom. The van der Waals surface area contributed by atoms with E-state index in [-0.39, 0.29) is 11.4 Å². The average Bonchev–Trinajstić information content (AvgIpc) is 2.39. The lowest BCUT2D eigenvalue weighted by Gasteiger charge is -2.04. The number of carbonyl (C=O) groups is 1. The summed E-state index contributed by atoms with van der Waals surface area (Å²) in [7, 11) is 0. The van der Waals surface area contributed by atoms with E-state index in [1.54, 1.807) is 12.1 Å². The molecule has 19 heavy (non-hydrogen) atoms. The predicted octanol–water partition coefficient (Wildman–Crippen LogP) is 3.96. The number of aromatic carboxylic acids is 1. The van der Waals surface area contributed by atoms with Crippen LogP contribution < -0.4 is 0 Å². The van der Waals surface area contributed by atoms with E-state index >= 15 is 0 Å². The number of hydrogen-bond donors (Lipinski definition) is 1. The predicted molar refractivity (Wildman–Crippen MR) is 69.3 cm³/mol. The fourth-order valence-electron chi connectivity index (χ4n) is 1.49. The summed E-state index contributed by atoms with van der Waals surface area (Å²) in [6.07, 6.45) is 0. The van der Waals surface area contributed by atoms with Gasteiger partial charge in [-0.1, -0.05) is 6.07 Å². The Balaban J connectivity index is 2.07. The molecule has 0 bridgehead atoms. The maximum absolute atomic E-state index is 13.6. The van der Waals surface area contributed by atoms with Crippen LogP contribution >= 0.6 is 11.8 Å².